The van der Waals surface area contributed by atoms with Crippen molar-refractivity contribution in [2.75, 3.05) is 12.0 Å². The van der Waals surface area contributed by atoms with Crippen LogP contribution in [0.4, 0.5) is 0 Å². The highest BCUT2D eigenvalue weighted by atomic mass is 32.2. The maximum Gasteiger partial charge on any atom is 0.251 e. The molecule has 2 aromatic carbocycles. The first-order chi connectivity index (χ1) is 11.6. The summed E-state index contributed by atoms with van der Waals surface area (Å²) in [5, 5.41) is 3.91. The largest absolute Gasteiger partial charge is 0.344 e. The molecule has 1 aromatic heterocycles. The molecule has 0 radical (unpaired) electrons. The minimum atomic E-state index is -1.02. The van der Waals surface area contributed by atoms with E-state index in [1.807, 2.05) is 54.6 Å². The number of fused-ring (bicyclic) bond motifs is 1. The van der Waals surface area contributed by atoms with E-state index in [4.69, 9.17) is 0 Å². The van der Waals surface area contributed by atoms with E-state index in [0.29, 0.717) is 11.3 Å². The summed E-state index contributed by atoms with van der Waals surface area (Å²) in [6.07, 6.45) is 3.37. The Morgan fingerprint density at radius 3 is 2.67 bits per heavy atom. The second-order valence-electron chi connectivity index (χ2n) is 5.59. The topological polar surface area (TPSA) is 59.1 Å². The van der Waals surface area contributed by atoms with Gasteiger partial charge in [-0.15, -0.1) is 0 Å². The van der Waals surface area contributed by atoms with E-state index in [1.54, 1.807) is 18.5 Å². The molecule has 1 heterocycles. The van der Waals surface area contributed by atoms with Crippen molar-refractivity contribution in [3.05, 3.63) is 78.0 Å². The Morgan fingerprint density at radius 1 is 1.12 bits per heavy atom. The first kappa shape index (κ1) is 16.3. The maximum atomic E-state index is 12.6. The molecular weight excluding hydrogens is 320 g/mol. The summed E-state index contributed by atoms with van der Waals surface area (Å²) in [5.74, 6) is 0.199. The Bertz CT molecular complexity index is 881. The van der Waals surface area contributed by atoms with Gasteiger partial charge in [0, 0.05) is 40.0 Å². The quantitative estimate of drug-likeness (QED) is 0.778. The Balaban J connectivity index is 1.85. The second-order valence-corrected chi connectivity index (χ2v) is 7.07. The molecule has 0 saturated heterocycles. The van der Waals surface area contributed by atoms with Crippen molar-refractivity contribution in [1.82, 2.24) is 10.3 Å². The van der Waals surface area contributed by atoms with E-state index < -0.39 is 10.8 Å². The SMILES string of the molecule is C[S@](=O)C[C@@H](NC(=O)c1ccc2ncccc2c1)c1ccccc1. The maximum absolute atomic E-state index is 12.6. The minimum Gasteiger partial charge on any atom is -0.344 e. The van der Waals surface area contributed by atoms with Crippen LogP contribution in [-0.2, 0) is 10.8 Å². The van der Waals surface area contributed by atoms with Gasteiger partial charge in [-0.05, 0) is 29.8 Å². The number of benzene rings is 2. The van der Waals surface area contributed by atoms with Gasteiger partial charge in [0.25, 0.3) is 5.91 Å². The Kier molecular flexibility index (Phi) is 5.01. The lowest BCUT2D eigenvalue weighted by molar-refractivity contribution is 0.0940. The van der Waals surface area contributed by atoms with E-state index in [1.165, 1.54) is 0 Å². The molecule has 0 aliphatic carbocycles. The third kappa shape index (κ3) is 3.86. The van der Waals surface area contributed by atoms with Gasteiger partial charge in [-0.1, -0.05) is 36.4 Å². The van der Waals surface area contributed by atoms with Crippen LogP contribution in [0.5, 0.6) is 0 Å². The normalized spacial score (nSPS) is 13.4. The van der Waals surface area contributed by atoms with Gasteiger partial charge >= 0.3 is 0 Å². The number of hydrogen-bond acceptors (Lipinski definition) is 3. The van der Waals surface area contributed by atoms with Crippen molar-refractivity contribution in [1.29, 1.82) is 0 Å². The summed E-state index contributed by atoms with van der Waals surface area (Å²) >= 11 is 0. The Labute approximate surface area is 143 Å². The molecule has 5 heteroatoms. The second kappa shape index (κ2) is 7.36. The summed E-state index contributed by atoms with van der Waals surface area (Å²) in [6.45, 7) is 0. The van der Waals surface area contributed by atoms with Crippen LogP contribution in [0.25, 0.3) is 10.9 Å². The number of aromatic nitrogens is 1. The van der Waals surface area contributed by atoms with E-state index in [9.17, 15) is 9.00 Å². The van der Waals surface area contributed by atoms with Crippen molar-refractivity contribution in [2.45, 2.75) is 6.04 Å². The van der Waals surface area contributed by atoms with Crippen LogP contribution in [0.2, 0.25) is 0 Å². The van der Waals surface area contributed by atoms with E-state index >= 15 is 0 Å². The number of pyridine rings is 1. The van der Waals surface area contributed by atoms with Gasteiger partial charge in [-0.25, -0.2) is 0 Å². The zero-order valence-corrected chi connectivity index (χ0v) is 14.1. The molecule has 3 rings (SSSR count). The van der Waals surface area contributed by atoms with Gasteiger partial charge < -0.3 is 5.32 Å². The molecule has 1 amide bonds. The first-order valence-corrected chi connectivity index (χ1v) is 9.37. The summed E-state index contributed by atoms with van der Waals surface area (Å²) in [5.41, 5.74) is 2.37. The average Bonchev–Trinajstić information content (AvgIpc) is 2.61. The number of carbonyl (C=O) groups is 1. The Hall–Kier alpha value is -2.53. The number of nitrogens with zero attached hydrogens (tertiary/aromatic N) is 1. The van der Waals surface area contributed by atoms with Crippen LogP contribution >= 0.6 is 0 Å². The van der Waals surface area contributed by atoms with Gasteiger partial charge in [0.2, 0.25) is 0 Å². The molecular formula is C19H18N2O2S. The third-order valence-corrected chi connectivity index (χ3v) is 4.58. The third-order valence-electron chi connectivity index (χ3n) is 3.77. The molecule has 0 saturated carbocycles. The molecule has 0 aliphatic heterocycles. The molecule has 3 aromatic rings. The highest BCUT2D eigenvalue weighted by molar-refractivity contribution is 7.84. The molecule has 1 N–H and O–H groups in total. The highest BCUT2D eigenvalue weighted by Crippen LogP contribution is 2.17. The van der Waals surface area contributed by atoms with Crippen LogP contribution in [0.15, 0.2) is 66.9 Å². The number of rotatable bonds is 5. The lowest BCUT2D eigenvalue weighted by Crippen LogP contribution is -2.31. The van der Waals surface area contributed by atoms with Crippen molar-refractivity contribution in [2.24, 2.45) is 0 Å². The first-order valence-electron chi connectivity index (χ1n) is 7.64. The molecule has 122 valence electrons. The monoisotopic (exact) mass is 338 g/mol. The summed E-state index contributed by atoms with van der Waals surface area (Å²) in [4.78, 5) is 16.9. The van der Waals surface area contributed by atoms with Crippen LogP contribution < -0.4 is 5.32 Å². The van der Waals surface area contributed by atoms with Crippen LogP contribution in [-0.4, -0.2) is 27.1 Å². The van der Waals surface area contributed by atoms with E-state index in [-0.39, 0.29) is 11.9 Å². The van der Waals surface area contributed by atoms with Crippen molar-refractivity contribution in [3.63, 3.8) is 0 Å². The average molecular weight is 338 g/mol. The Morgan fingerprint density at radius 2 is 1.92 bits per heavy atom. The summed E-state index contributed by atoms with van der Waals surface area (Å²) in [6, 6.07) is 18.5. The zero-order valence-electron chi connectivity index (χ0n) is 13.3. The molecule has 0 unspecified atom stereocenters. The van der Waals surface area contributed by atoms with Gasteiger partial charge in [-0.3, -0.25) is 14.0 Å². The predicted molar refractivity (Wildman–Crippen MR) is 97.3 cm³/mol. The molecule has 24 heavy (non-hydrogen) atoms. The molecule has 0 bridgehead atoms. The molecule has 0 aliphatic rings. The molecule has 0 spiro atoms. The number of amides is 1. The smallest absolute Gasteiger partial charge is 0.251 e. The number of hydrogen-bond donors (Lipinski definition) is 1. The minimum absolute atomic E-state index is 0.181. The van der Waals surface area contributed by atoms with Crippen molar-refractivity contribution in [3.8, 4) is 0 Å². The van der Waals surface area contributed by atoms with Crippen molar-refractivity contribution >= 4 is 27.6 Å². The molecule has 0 fully saturated rings. The predicted octanol–water partition coefficient (Wildman–Crippen LogP) is 3.08. The van der Waals surface area contributed by atoms with Crippen LogP contribution in [0, 0.1) is 0 Å². The van der Waals surface area contributed by atoms with Gasteiger partial charge in [0.15, 0.2) is 0 Å². The zero-order chi connectivity index (χ0) is 16.9. The fourth-order valence-electron chi connectivity index (χ4n) is 2.60. The van der Waals surface area contributed by atoms with Crippen molar-refractivity contribution < 1.29 is 9.00 Å². The fourth-order valence-corrected chi connectivity index (χ4v) is 3.34. The number of carbonyl (C=O) groups excluding carboxylic acids is 1. The standard InChI is InChI=1S/C19H18N2O2S/c1-24(23)13-18(14-6-3-2-4-7-14)21-19(22)16-9-10-17-15(12-16)8-5-11-20-17/h2-12,18H,13H2,1H3,(H,21,22)/t18-,24+/m1/s1. The summed E-state index contributed by atoms with van der Waals surface area (Å²) < 4.78 is 11.7. The van der Waals surface area contributed by atoms with Crippen LogP contribution in [0.1, 0.15) is 22.0 Å². The fraction of sp³-hybridized carbons (Fsp3) is 0.158. The highest BCUT2D eigenvalue weighted by Gasteiger charge is 2.17. The summed E-state index contributed by atoms with van der Waals surface area (Å²) in [7, 11) is -1.02. The molecule has 4 nitrogen and oxygen atoms in total. The lowest BCUT2D eigenvalue weighted by atomic mass is 10.1. The van der Waals surface area contributed by atoms with Gasteiger partial charge in [-0.2, -0.15) is 0 Å². The van der Waals surface area contributed by atoms with E-state index in [0.717, 1.165) is 16.5 Å². The number of nitrogens with one attached hydrogen (secondary N) is 1. The van der Waals surface area contributed by atoms with Crippen LogP contribution in [0.3, 0.4) is 0 Å². The van der Waals surface area contributed by atoms with Gasteiger partial charge in [0.05, 0.1) is 11.6 Å². The van der Waals surface area contributed by atoms with Gasteiger partial charge in [0.1, 0.15) is 0 Å². The lowest BCUT2D eigenvalue weighted by Gasteiger charge is -2.18. The molecule has 2 atom stereocenters. The van der Waals surface area contributed by atoms with E-state index in [2.05, 4.69) is 10.3 Å².